The minimum absolute atomic E-state index is 0.273. The molecular formula is C18H22N4. The third kappa shape index (κ3) is 1.79. The first-order valence-electron chi connectivity index (χ1n) is 9.54. The van der Waals surface area contributed by atoms with Crippen LogP contribution in [-0.2, 0) is 6.42 Å². The first-order chi connectivity index (χ1) is 12.1. The van der Waals surface area contributed by atoms with E-state index in [1.165, 1.54) is 6.92 Å². The number of allylic oxidation sites excluding steroid dienone is 1. The van der Waals surface area contributed by atoms with Crippen LogP contribution in [0.3, 0.4) is 0 Å². The summed E-state index contributed by atoms with van der Waals surface area (Å²) in [7, 11) is 0. The van der Waals surface area contributed by atoms with E-state index in [0.29, 0.717) is 0 Å². The van der Waals surface area contributed by atoms with Crippen molar-refractivity contribution in [2.45, 2.75) is 46.2 Å². The standard InChI is InChI=1S/C18H22N4/c1-12(2)20-8-9-21(14(20)4)16-11-17-15(10-13(16)3)19-18-6-5-7-22(17)18/h5,7-12,14H,6H2,1-4H3/t14-/m0/s1/i1D3,12D/t12?,14-. The SMILES string of the molecule is [2H]C([2H])([2H])C([2H])(C)N1C=CN(c2cc3c(cc2C)nc2n3C=CC2)[C@H]1C. The second-order valence-corrected chi connectivity index (χ2v) is 5.94. The molecule has 1 aromatic heterocycles. The predicted octanol–water partition coefficient (Wildman–Crippen LogP) is 3.72. The molecule has 2 aliphatic rings. The number of hydrogen-bond acceptors (Lipinski definition) is 3. The van der Waals surface area contributed by atoms with Gasteiger partial charge in [-0.15, -0.1) is 0 Å². The number of imidazole rings is 1. The summed E-state index contributed by atoms with van der Waals surface area (Å²) in [5, 5.41) is 0. The van der Waals surface area contributed by atoms with Crippen molar-refractivity contribution >= 4 is 22.9 Å². The van der Waals surface area contributed by atoms with Crippen molar-refractivity contribution in [2.24, 2.45) is 0 Å². The van der Waals surface area contributed by atoms with Gasteiger partial charge in [-0.25, -0.2) is 4.98 Å². The summed E-state index contributed by atoms with van der Waals surface area (Å²) in [6.07, 6.45) is 8.25. The van der Waals surface area contributed by atoms with Crippen LogP contribution in [0.15, 0.2) is 30.6 Å². The third-order valence-electron chi connectivity index (χ3n) is 4.49. The lowest BCUT2D eigenvalue weighted by Crippen LogP contribution is -2.39. The van der Waals surface area contributed by atoms with E-state index in [-0.39, 0.29) is 6.17 Å². The lowest BCUT2D eigenvalue weighted by molar-refractivity contribution is 0.263. The van der Waals surface area contributed by atoms with Crippen LogP contribution in [0.25, 0.3) is 17.2 Å². The molecule has 114 valence electrons. The van der Waals surface area contributed by atoms with Crippen molar-refractivity contribution in [1.29, 1.82) is 0 Å². The predicted molar refractivity (Wildman–Crippen MR) is 91.6 cm³/mol. The third-order valence-corrected chi connectivity index (χ3v) is 4.49. The first kappa shape index (κ1) is 9.72. The first-order valence-corrected chi connectivity index (χ1v) is 7.54. The second-order valence-electron chi connectivity index (χ2n) is 5.94. The molecule has 0 amide bonds. The van der Waals surface area contributed by atoms with Crippen molar-refractivity contribution in [3.05, 3.63) is 42.0 Å². The molecule has 0 aliphatic carbocycles. The summed E-state index contributed by atoms with van der Waals surface area (Å²) in [5.74, 6) is 1.03. The maximum atomic E-state index is 8.38. The molecule has 1 unspecified atom stereocenters. The summed E-state index contributed by atoms with van der Waals surface area (Å²) in [6.45, 7) is 2.98. The summed E-state index contributed by atoms with van der Waals surface area (Å²) in [4.78, 5) is 8.28. The number of aryl methyl sites for hydroxylation is 1. The van der Waals surface area contributed by atoms with Crippen LogP contribution in [0.1, 0.15) is 37.6 Å². The molecule has 0 spiro atoms. The number of aromatic nitrogens is 2. The van der Waals surface area contributed by atoms with Crippen molar-refractivity contribution in [1.82, 2.24) is 14.5 Å². The number of benzene rings is 1. The van der Waals surface area contributed by atoms with Gasteiger partial charge in [-0.2, -0.15) is 0 Å². The van der Waals surface area contributed by atoms with Crippen LogP contribution in [0.5, 0.6) is 0 Å². The van der Waals surface area contributed by atoms with Gasteiger partial charge in [0, 0.05) is 40.8 Å². The largest absolute Gasteiger partial charge is 0.353 e. The van der Waals surface area contributed by atoms with Crippen molar-refractivity contribution < 1.29 is 5.48 Å². The molecule has 0 saturated carbocycles. The van der Waals surface area contributed by atoms with Crippen molar-refractivity contribution in [2.75, 3.05) is 4.90 Å². The zero-order valence-corrected chi connectivity index (χ0v) is 13.0. The summed E-state index contributed by atoms with van der Waals surface area (Å²) < 4.78 is 33.6. The van der Waals surface area contributed by atoms with E-state index < -0.39 is 12.9 Å². The number of hydrogen-bond donors (Lipinski definition) is 0. The van der Waals surface area contributed by atoms with Gasteiger partial charge in [-0.3, -0.25) is 0 Å². The summed E-state index contributed by atoms with van der Waals surface area (Å²) in [6, 6.07) is 2.46. The highest BCUT2D eigenvalue weighted by atomic mass is 15.4. The van der Waals surface area contributed by atoms with Crippen LogP contribution < -0.4 is 4.90 Å². The smallest absolute Gasteiger partial charge is 0.117 e. The molecule has 22 heavy (non-hydrogen) atoms. The summed E-state index contributed by atoms with van der Waals surface area (Å²) >= 11 is 0. The van der Waals surface area contributed by atoms with Gasteiger partial charge in [0.2, 0.25) is 0 Å². The van der Waals surface area contributed by atoms with Crippen LogP contribution in [0.4, 0.5) is 5.69 Å². The second kappa shape index (κ2) is 4.63. The Bertz CT molecular complexity index is 939. The van der Waals surface area contributed by atoms with Crippen LogP contribution in [0, 0.1) is 6.92 Å². The summed E-state index contributed by atoms with van der Waals surface area (Å²) in [5.41, 5.74) is 4.06. The fourth-order valence-corrected chi connectivity index (χ4v) is 3.34. The van der Waals surface area contributed by atoms with E-state index >= 15 is 0 Å². The van der Waals surface area contributed by atoms with E-state index in [4.69, 9.17) is 5.48 Å². The molecule has 2 atom stereocenters. The molecule has 0 saturated heterocycles. The number of nitrogens with zero attached hydrogens (tertiary/aromatic N) is 4. The highest BCUT2D eigenvalue weighted by Gasteiger charge is 2.26. The molecule has 4 rings (SSSR count). The Morgan fingerprint density at radius 2 is 2.23 bits per heavy atom. The van der Waals surface area contributed by atoms with Gasteiger partial charge in [0.05, 0.1) is 12.4 Å². The molecule has 4 heteroatoms. The van der Waals surface area contributed by atoms with Gasteiger partial charge in [-0.05, 0) is 45.3 Å². The maximum absolute atomic E-state index is 8.38. The average Bonchev–Trinajstić information content (AvgIpc) is 3.20. The normalized spacial score (nSPS) is 25.9. The Balaban J connectivity index is 1.74. The van der Waals surface area contributed by atoms with Crippen LogP contribution in [-0.4, -0.2) is 26.6 Å². The number of rotatable bonds is 2. The zero-order chi connectivity index (χ0) is 18.9. The molecule has 2 aromatic rings. The zero-order valence-electron chi connectivity index (χ0n) is 17.0. The highest BCUT2D eigenvalue weighted by Crippen LogP contribution is 2.33. The topological polar surface area (TPSA) is 24.3 Å². The number of fused-ring (bicyclic) bond motifs is 3. The van der Waals surface area contributed by atoms with E-state index in [0.717, 1.165) is 34.5 Å². The Kier molecular flexibility index (Phi) is 2.05. The fraction of sp³-hybridized carbons (Fsp3) is 0.389. The lowest BCUT2D eigenvalue weighted by Gasteiger charge is -2.33. The fourth-order valence-electron chi connectivity index (χ4n) is 3.34. The molecule has 0 N–H and O–H groups in total. The van der Waals surface area contributed by atoms with Gasteiger partial charge in [0.15, 0.2) is 0 Å². The van der Waals surface area contributed by atoms with Crippen LogP contribution in [0.2, 0.25) is 0 Å². The molecule has 0 fully saturated rings. The monoisotopic (exact) mass is 298 g/mol. The van der Waals surface area contributed by atoms with Gasteiger partial charge >= 0.3 is 0 Å². The lowest BCUT2D eigenvalue weighted by atomic mass is 10.1. The van der Waals surface area contributed by atoms with Crippen molar-refractivity contribution in [3.8, 4) is 0 Å². The van der Waals surface area contributed by atoms with Crippen LogP contribution >= 0.6 is 0 Å². The molecule has 0 radical (unpaired) electrons. The number of anilines is 1. The van der Waals surface area contributed by atoms with Gasteiger partial charge in [0.1, 0.15) is 12.0 Å². The van der Waals surface area contributed by atoms with Gasteiger partial charge in [0.25, 0.3) is 0 Å². The molecule has 3 heterocycles. The molecule has 4 nitrogen and oxygen atoms in total. The van der Waals surface area contributed by atoms with E-state index in [9.17, 15) is 0 Å². The Morgan fingerprint density at radius 1 is 1.36 bits per heavy atom. The van der Waals surface area contributed by atoms with Crippen molar-refractivity contribution in [3.63, 3.8) is 0 Å². The Labute approximate surface area is 137 Å². The maximum Gasteiger partial charge on any atom is 0.117 e. The molecular weight excluding hydrogens is 272 g/mol. The van der Waals surface area contributed by atoms with Gasteiger partial charge in [-0.1, -0.05) is 6.08 Å². The Hall–Kier alpha value is -2.23. The Morgan fingerprint density at radius 3 is 3.05 bits per heavy atom. The van der Waals surface area contributed by atoms with E-state index in [2.05, 4.69) is 27.8 Å². The average molecular weight is 298 g/mol. The molecule has 1 aromatic carbocycles. The molecule has 0 bridgehead atoms. The van der Waals surface area contributed by atoms with E-state index in [1.807, 2.05) is 31.1 Å². The quantitative estimate of drug-likeness (QED) is 0.844. The van der Waals surface area contributed by atoms with E-state index in [1.54, 1.807) is 11.1 Å². The molecule has 2 aliphatic heterocycles. The minimum atomic E-state index is -2.41. The van der Waals surface area contributed by atoms with Gasteiger partial charge < -0.3 is 14.4 Å². The highest BCUT2D eigenvalue weighted by molar-refractivity contribution is 5.85. The minimum Gasteiger partial charge on any atom is -0.353 e.